The van der Waals surface area contributed by atoms with Crippen LogP contribution in [0.3, 0.4) is 0 Å². The van der Waals surface area contributed by atoms with E-state index >= 15 is 0 Å². The molecule has 0 amide bonds. The summed E-state index contributed by atoms with van der Waals surface area (Å²) in [6, 6.07) is 1.80. The molecule has 2 aromatic rings. The molecule has 20 heavy (non-hydrogen) atoms. The van der Waals surface area contributed by atoms with Crippen molar-refractivity contribution in [1.29, 1.82) is 0 Å². The molecule has 0 saturated carbocycles. The van der Waals surface area contributed by atoms with Crippen LogP contribution in [-0.2, 0) is 16.1 Å². The normalized spacial score (nSPS) is 10.7. The number of aromatic nitrogens is 3. The van der Waals surface area contributed by atoms with E-state index in [1.807, 2.05) is 6.92 Å². The van der Waals surface area contributed by atoms with E-state index in [0.29, 0.717) is 42.5 Å². The van der Waals surface area contributed by atoms with Gasteiger partial charge in [0, 0.05) is 13.0 Å². The van der Waals surface area contributed by atoms with Gasteiger partial charge in [-0.05, 0) is 25.0 Å². The van der Waals surface area contributed by atoms with Crippen molar-refractivity contribution in [2.24, 2.45) is 0 Å². The smallest absolute Gasteiger partial charge is 0.252 e. The van der Waals surface area contributed by atoms with Gasteiger partial charge in [0.2, 0.25) is 5.82 Å². The summed E-state index contributed by atoms with van der Waals surface area (Å²) in [6.45, 7) is 2.58. The number of aryl methyl sites for hydroxylation is 1. The molecule has 0 unspecified atom stereocenters. The van der Waals surface area contributed by atoms with E-state index in [1.165, 1.54) is 0 Å². The molecule has 0 aliphatic heterocycles. The maximum absolute atomic E-state index is 10.1. The second-order valence-electron chi connectivity index (χ2n) is 4.31. The van der Waals surface area contributed by atoms with Crippen LogP contribution in [-0.4, -0.2) is 28.0 Å². The fraction of sp³-hybridized carbons (Fsp3) is 0.385. The van der Waals surface area contributed by atoms with Gasteiger partial charge in [-0.25, -0.2) is 0 Å². The van der Waals surface area contributed by atoms with Crippen LogP contribution in [0.25, 0.3) is 11.5 Å². The summed E-state index contributed by atoms with van der Waals surface area (Å²) in [5, 5.41) is 3.87. The molecule has 0 saturated heterocycles. The first kappa shape index (κ1) is 14.1. The standard InChI is InChI=1S/C13H16N4O3/c1-9-6-10(14)7-15-12(9)13-16-11(20-17-13)8-19-5-3-2-4-18/h4,6-7H,2-3,5,8,14H2,1H3. The minimum absolute atomic E-state index is 0.222. The van der Waals surface area contributed by atoms with E-state index < -0.39 is 0 Å². The number of anilines is 1. The highest BCUT2D eigenvalue weighted by molar-refractivity contribution is 5.57. The van der Waals surface area contributed by atoms with Gasteiger partial charge in [-0.3, -0.25) is 4.98 Å². The van der Waals surface area contributed by atoms with Crippen LogP contribution in [0, 0.1) is 6.92 Å². The lowest BCUT2D eigenvalue weighted by atomic mass is 10.2. The second-order valence-corrected chi connectivity index (χ2v) is 4.31. The number of hydrogen-bond acceptors (Lipinski definition) is 7. The molecule has 2 N–H and O–H groups in total. The lowest BCUT2D eigenvalue weighted by molar-refractivity contribution is -0.108. The van der Waals surface area contributed by atoms with Crippen LogP contribution in [0.5, 0.6) is 0 Å². The zero-order chi connectivity index (χ0) is 14.4. The van der Waals surface area contributed by atoms with Gasteiger partial charge in [-0.1, -0.05) is 5.16 Å². The minimum Gasteiger partial charge on any atom is -0.397 e. The van der Waals surface area contributed by atoms with Crippen molar-refractivity contribution in [1.82, 2.24) is 15.1 Å². The summed E-state index contributed by atoms with van der Waals surface area (Å²) >= 11 is 0. The van der Waals surface area contributed by atoms with E-state index in [-0.39, 0.29) is 6.61 Å². The van der Waals surface area contributed by atoms with E-state index in [9.17, 15) is 4.79 Å². The largest absolute Gasteiger partial charge is 0.397 e. The second kappa shape index (κ2) is 6.76. The van der Waals surface area contributed by atoms with Gasteiger partial charge in [-0.15, -0.1) is 0 Å². The Morgan fingerprint density at radius 1 is 1.50 bits per heavy atom. The Kier molecular flexibility index (Phi) is 4.78. The number of nitrogens with two attached hydrogens (primary N) is 1. The van der Waals surface area contributed by atoms with Gasteiger partial charge in [0.1, 0.15) is 18.6 Å². The Labute approximate surface area is 116 Å². The van der Waals surface area contributed by atoms with Gasteiger partial charge < -0.3 is 19.8 Å². The monoisotopic (exact) mass is 276 g/mol. The van der Waals surface area contributed by atoms with Crippen LogP contribution < -0.4 is 5.73 Å². The SMILES string of the molecule is Cc1cc(N)cnc1-c1noc(COCCCC=O)n1. The molecule has 0 radical (unpaired) electrons. The quantitative estimate of drug-likeness (QED) is 0.603. The number of hydrogen-bond donors (Lipinski definition) is 1. The third-order valence-electron chi connectivity index (χ3n) is 2.62. The van der Waals surface area contributed by atoms with Gasteiger partial charge in [0.25, 0.3) is 5.89 Å². The maximum atomic E-state index is 10.1. The molecule has 0 atom stereocenters. The minimum atomic E-state index is 0.222. The maximum Gasteiger partial charge on any atom is 0.252 e. The summed E-state index contributed by atoms with van der Waals surface area (Å²) in [6.07, 6.45) is 3.59. The fourth-order valence-electron chi connectivity index (χ4n) is 1.67. The summed E-state index contributed by atoms with van der Waals surface area (Å²) in [5.41, 5.74) is 7.75. The van der Waals surface area contributed by atoms with E-state index in [4.69, 9.17) is 15.0 Å². The molecule has 0 aliphatic rings. The zero-order valence-electron chi connectivity index (χ0n) is 11.2. The number of carbonyl (C=O) groups is 1. The predicted molar refractivity (Wildman–Crippen MR) is 71.6 cm³/mol. The Bertz CT molecular complexity index is 583. The fourth-order valence-corrected chi connectivity index (χ4v) is 1.67. The first-order valence-electron chi connectivity index (χ1n) is 6.27. The highest BCUT2D eigenvalue weighted by Crippen LogP contribution is 2.19. The topological polar surface area (TPSA) is 104 Å². The predicted octanol–water partition coefficient (Wildman–Crippen LogP) is 1.52. The first-order chi connectivity index (χ1) is 9.70. The van der Waals surface area contributed by atoms with E-state index in [1.54, 1.807) is 12.3 Å². The van der Waals surface area contributed by atoms with Crippen LogP contribution >= 0.6 is 0 Å². The van der Waals surface area contributed by atoms with Gasteiger partial charge in [0.05, 0.1) is 11.9 Å². The molecule has 2 rings (SSSR count). The highest BCUT2D eigenvalue weighted by Gasteiger charge is 2.12. The molecular formula is C13H16N4O3. The molecular weight excluding hydrogens is 260 g/mol. The molecule has 0 bridgehead atoms. The van der Waals surface area contributed by atoms with Crippen LogP contribution in [0.1, 0.15) is 24.3 Å². The number of rotatable bonds is 7. The van der Waals surface area contributed by atoms with Crippen molar-refractivity contribution in [3.63, 3.8) is 0 Å². The van der Waals surface area contributed by atoms with Crippen molar-refractivity contribution in [2.75, 3.05) is 12.3 Å². The number of pyridine rings is 1. The summed E-state index contributed by atoms with van der Waals surface area (Å²) in [5.74, 6) is 0.790. The Morgan fingerprint density at radius 2 is 2.35 bits per heavy atom. The molecule has 106 valence electrons. The number of ether oxygens (including phenoxy) is 1. The van der Waals surface area contributed by atoms with Crippen LogP contribution in [0.15, 0.2) is 16.8 Å². The first-order valence-corrected chi connectivity index (χ1v) is 6.27. The highest BCUT2D eigenvalue weighted by atomic mass is 16.5. The van der Waals surface area contributed by atoms with E-state index in [2.05, 4.69) is 15.1 Å². The number of unbranched alkanes of at least 4 members (excludes halogenated alkanes) is 1. The Balaban J connectivity index is 1.96. The Morgan fingerprint density at radius 3 is 3.10 bits per heavy atom. The summed E-state index contributed by atoms with van der Waals surface area (Å²) in [4.78, 5) is 18.5. The van der Waals surface area contributed by atoms with Crippen LogP contribution in [0.4, 0.5) is 5.69 Å². The number of aldehydes is 1. The van der Waals surface area contributed by atoms with Crippen molar-refractivity contribution in [3.05, 3.63) is 23.7 Å². The lowest BCUT2D eigenvalue weighted by Gasteiger charge is -2.00. The molecule has 0 aromatic carbocycles. The summed E-state index contributed by atoms with van der Waals surface area (Å²) < 4.78 is 10.4. The molecule has 7 nitrogen and oxygen atoms in total. The van der Waals surface area contributed by atoms with Crippen molar-refractivity contribution >= 4 is 12.0 Å². The number of carbonyl (C=O) groups excluding carboxylic acids is 1. The molecule has 0 spiro atoms. The number of nitrogen functional groups attached to an aromatic ring is 1. The molecule has 7 heteroatoms. The average Bonchev–Trinajstić information content (AvgIpc) is 2.87. The summed E-state index contributed by atoms with van der Waals surface area (Å²) in [7, 11) is 0. The average molecular weight is 276 g/mol. The van der Waals surface area contributed by atoms with Crippen molar-refractivity contribution in [3.8, 4) is 11.5 Å². The lowest BCUT2D eigenvalue weighted by Crippen LogP contribution is -1.97. The molecule has 0 aliphatic carbocycles. The Hall–Kier alpha value is -2.28. The zero-order valence-corrected chi connectivity index (χ0v) is 11.2. The molecule has 0 fully saturated rings. The molecule has 2 aromatic heterocycles. The third kappa shape index (κ3) is 3.61. The van der Waals surface area contributed by atoms with E-state index in [0.717, 1.165) is 11.8 Å². The van der Waals surface area contributed by atoms with Gasteiger partial charge >= 0.3 is 0 Å². The van der Waals surface area contributed by atoms with Crippen LogP contribution in [0.2, 0.25) is 0 Å². The van der Waals surface area contributed by atoms with Crippen molar-refractivity contribution in [2.45, 2.75) is 26.4 Å². The number of nitrogens with zero attached hydrogens (tertiary/aromatic N) is 3. The molecule has 2 heterocycles. The third-order valence-corrected chi connectivity index (χ3v) is 2.62. The van der Waals surface area contributed by atoms with Gasteiger partial charge in [-0.2, -0.15) is 4.98 Å². The van der Waals surface area contributed by atoms with Crippen molar-refractivity contribution < 1.29 is 14.1 Å². The van der Waals surface area contributed by atoms with Gasteiger partial charge in [0.15, 0.2) is 0 Å².